The summed E-state index contributed by atoms with van der Waals surface area (Å²) in [7, 11) is 1.58. The fraction of sp³-hybridized carbons (Fsp3) is 0.0667. The van der Waals surface area contributed by atoms with Gasteiger partial charge in [-0.25, -0.2) is 0 Å². The van der Waals surface area contributed by atoms with Gasteiger partial charge in [0.05, 0.1) is 7.11 Å². The Morgan fingerprint density at radius 1 is 1.24 bits per heavy atom. The van der Waals surface area contributed by atoms with Gasteiger partial charge >= 0.3 is 0 Å². The minimum absolute atomic E-state index is 0.207. The minimum Gasteiger partial charge on any atom is -0.497 e. The van der Waals surface area contributed by atoms with Gasteiger partial charge in [-0.05, 0) is 18.2 Å². The van der Waals surface area contributed by atoms with Crippen LogP contribution >= 0.6 is 0 Å². The second-order valence-corrected chi connectivity index (χ2v) is 4.51. The summed E-state index contributed by atoms with van der Waals surface area (Å²) in [4.78, 5) is 29.5. The third-order valence-corrected chi connectivity index (χ3v) is 3.15. The molecule has 0 aliphatic heterocycles. The number of aromatic nitrogens is 2. The summed E-state index contributed by atoms with van der Waals surface area (Å²) in [5, 5.41) is 3.46. The van der Waals surface area contributed by atoms with Crippen LogP contribution in [-0.2, 0) is 0 Å². The molecule has 2 heterocycles. The number of H-pyrrole nitrogens is 2. The Morgan fingerprint density at radius 2 is 2.10 bits per heavy atom. The molecule has 0 radical (unpaired) electrons. The highest BCUT2D eigenvalue weighted by molar-refractivity contribution is 6.05. The third-order valence-electron chi connectivity index (χ3n) is 3.15. The molecule has 21 heavy (non-hydrogen) atoms. The largest absolute Gasteiger partial charge is 0.497 e. The Kier molecular flexibility index (Phi) is 3.19. The minimum atomic E-state index is -0.373. The fourth-order valence-electron chi connectivity index (χ4n) is 2.06. The molecule has 3 N–H and O–H groups in total. The first-order chi connectivity index (χ1) is 10.2. The summed E-state index contributed by atoms with van der Waals surface area (Å²) in [6.07, 6.45) is 2.96. The molecule has 1 amide bonds. The molecule has 0 fully saturated rings. The second-order valence-electron chi connectivity index (χ2n) is 4.51. The van der Waals surface area contributed by atoms with Gasteiger partial charge in [-0.1, -0.05) is 0 Å². The Balaban J connectivity index is 1.91. The maximum atomic E-state index is 12.2. The predicted octanol–water partition coefficient (Wildman–Crippen LogP) is 2.12. The molecule has 3 aromatic rings. The van der Waals surface area contributed by atoms with E-state index >= 15 is 0 Å². The summed E-state index contributed by atoms with van der Waals surface area (Å²) in [6, 6.07) is 8.56. The van der Waals surface area contributed by atoms with Gasteiger partial charge in [0.25, 0.3) is 5.91 Å². The normalized spacial score (nSPS) is 10.5. The molecule has 0 saturated heterocycles. The van der Waals surface area contributed by atoms with Gasteiger partial charge < -0.3 is 20.0 Å². The second kappa shape index (κ2) is 5.16. The number of rotatable bonds is 3. The zero-order valence-corrected chi connectivity index (χ0v) is 11.3. The number of benzene rings is 1. The Morgan fingerprint density at radius 3 is 2.86 bits per heavy atom. The number of amides is 1. The lowest BCUT2D eigenvalue weighted by molar-refractivity contribution is 0.102. The van der Waals surface area contributed by atoms with Crippen LogP contribution in [0.5, 0.6) is 5.75 Å². The van der Waals surface area contributed by atoms with Crippen molar-refractivity contribution in [1.29, 1.82) is 0 Å². The standard InChI is InChI=1S/C15H13N3O3/c1-21-10-3-2-9-6-12(17-11(9)7-10)15(20)18-13-8-16-5-4-14(13)19/h2-8,17H,1H3,(H,16,19)(H,18,20). The first-order valence-electron chi connectivity index (χ1n) is 6.32. The smallest absolute Gasteiger partial charge is 0.272 e. The van der Waals surface area contributed by atoms with Gasteiger partial charge in [0.15, 0.2) is 0 Å². The molecule has 6 heteroatoms. The van der Waals surface area contributed by atoms with Crippen molar-refractivity contribution in [2.24, 2.45) is 0 Å². The van der Waals surface area contributed by atoms with E-state index in [2.05, 4.69) is 15.3 Å². The molecule has 0 spiro atoms. The molecular weight excluding hydrogens is 270 g/mol. The van der Waals surface area contributed by atoms with Gasteiger partial charge in [0.1, 0.15) is 17.1 Å². The van der Waals surface area contributed by atoms with E-state index in [0.717, 1.165) is 10.9 Å². The van der Waals surface area contributed by atoms with Crippen LogP contribution < -0.4 is 15.5 Å². The van der Waals surface area contributed by atoms with Crippen molar-refractivity contribution < 1.29 is 9.53 Å². The van der Waals surface area contributed by atoms with E-state index in [9.17, 15) is 9.59 Å². The molecule has 3 rings (SSSR count). The van der Waals surface area contributed by atoms with E-state index in [4.69, 9.17) is 4.74 Å². The Bertz CT molecular complexity index is 864. The third kappa shape index (κ3) is 2.51. The van der Waals surface area contributed by atoms with Crippen molar-refractivity contribution in [3.05, 3.63) is 58.6 Å². The first kappa shape index (κ1) is 13.0. The molecule has 0 atom stereocenters. The summed E-state index contributed by atoms with van der Waals surface area (Å²) in [5.74, 6) is 0.331. The number of anilines is 1. The van der Waals surface area contributed by atoms with Gasteiger partial charge in [0.2, 0.25) is 5.43 Å². The summed E-state index contributed by atoms with van der Waals surface area (Å²) in [5.41, 5.74) is 1.13. The van der Waals surface area contributed by atoms with Crippen LogP contribution in [0, 0.1) is 0 Å². The summed E-state index contributed by atoms with van der Waals surface area (Å²) in [6.45, 7) is 0. The number of nitrogens with one attached hydrogen (secondary N) is 3. The van der Waals surface area contributed by atoms with Crippen molar-refractivity contribution >= 4 is 22.5 Å². The van der Waals surface area contributed by atoms with Crippen LogP contribution in [0.2, 0.25) is 0 Å². The van der Waals surface area contributed by atoms with Crippen LogP contribution in [-0.4, -0.2) is 23.0 Å². The van der Waals surface area contributed by atoms with E-state index in [1.165, 1.54) is 18.5 Å². The lowest BCUT2D eigenvalue weighted by atomic mass is 10.2. The Hall–Kier alpha value is -3.02. The fourth-order valence-corrected chi connectivity index (χ4v) is 2.06. The lowest BCUT2D eigenvalue weighted by Crippen LogP contribution is -2.18. The molecule has 2 aromatic heterocycles. The molecular formula is C15H13N3O3. The monoisotopic (exact) mass is 283 g/mol. The maximum absolute atomic E-state index is 12.2. The van der Waals surface area contributed by atoms with E-state index in [0.29, 0.717) is 11.4 Å². The van der Waals surface area contributed by atoms with Crippen LogP contribution in [0.3, 0.4) is 0 Å². The number of methoxy groups -OCH3 is 1. The zero-order valence-electron chi connectivity index (χ0n) is 11.3. The zero-order chi connectivity index (χ0) is 14.8. The predicted molar refractivity (Wildman–Crippen MR) is 79.9 cm³/mol. The summed E-state index contributed by atoms with van der Waals surface area (Å²) < 4.78 is 5.14. The maximum Gasteiger partial charge on any atom is 0.272 e. The van der Waals surface area contributed by atoms with Gasteiger partial charge in [-0.3, -0.25) is 9.59 Å². The number of carbonyl (C=O) groups is 1. The summed E-state index contributed by atoms with van der Waals surface area (Å²) >= 11 is 0. The van der Waals surface area contributed by atoms with E-state index in [1.54, 1.807) is 19.2 Å². The number of aromatic amines is 2. The van der Waals surface area contributed by atoms with Crippen molar-refractivity contribution in [2.45, 2.75) is 0 Å². The molecule has 106 valence electrons. The Labute approximate surface area is 119 Å². The van der Waals surface area contributed by atoms with Gasteiger partial charge in [-0.2, -0.15) is 0 Å². The average Bonchev–Trinajstić information content (AvgIpc) is 2.92. The van der Waals surface area contributed by atoms with Crippen molar-refractivity contribution in [3.8, 4) is 5.75 Å². The molecule has 0 aliphatic carbocycles. The SMILES string of the molecule is COc1ccc2cc(C(=O)Nc3c[nH]ccc3=O)[nH]c2c1. The topological polar surface area (TPSA) is 87.0 Å². The molecule has 0 unspecified atom stereocenters. The quantitative estimate of drug-likeness (QED) is 0.688. The van der Waals surface area contributed by atoms with Crippen molar-refractivity contribution in [2.75, 3.05) is 12.4 Å². The highest BCUT2D eigenvalue weighted by Gasteiger charge is 2.11. The van der Waals surface area contributed by atoms with Crippen molar-refractivity contribution in [3.63, 3.8) is 0 Å². The van der Waals surface area contributed by atoms with Gasteiger partial charge in [-0.15, -0.1) is 0 Å². The number of ether oxygens (including phenoxy) is 1. The van der Waals surface area contributed by atoms with E-state index in [1.807, 2.05) is 12.1 Å². The number of fused-ring (bicyclic) bond motifs is 1. The average molecular weight is 283 g/mol. The van der Waals surface area contributed by atoms with E-state index < -0.39 is 0 Å². The lowest BCUT2D eigenvalue weighted by Gasteiger charge is -2.01. The first-order valence-corrected chi connectivity index (χ1v) is 6.32. The number of pyridine rings is 1. The number of hydrogen-bond donors (Lipinski definition) is 3. The van der Waals surface area contributed by atoms with Crippen LogP contribution in [0.25, 0.3) is 10.9 Å². The molecule has 0 bridgehead atoms. The van der Waals surface area contributed by atoms with E-state index in [-0.39, 0.29) is 17.0 Å². The molecule has 6 nitrogen and oxygen atoms in total. The molecule has 0 aliphatic rings. The number of hydrogen-bond acceptors (Lipinski definition) is 3. The van der Waals surface area contributed by atoms with Crippen LogP contribution in [0.4, 0.5) is 5.69 Å². The highest BCUT2D eigenvalue weighted by atomic mass is 16.5. The molecule has 0 saturated carbocycles. The van der Waals surface area contributed by atoms with Crippen LogP contribution in [0.15, 0.2) is 47.5 Å². The number of carbonyl (C=O) groups excluding carboxylic acids is 1. The van der Waals surface area contributed by atoms with Gasteiger partial charge in [0, 0.05) is 35.4 Å². The van der Waals surface area contributed by atoms with Crippen molar-refractivity contribution in [1.82, 2.24) is 9.97 Å². The highest BCUT2D eigenvalue weighted by Crippen LogP contribution is 2.21. The van der Waals surface area contributed by atoms with Crippen LogP contribution in [0.1, 0.15) is 10.5 Å². The molecule has 1 aromatic carbocycles.